The second-order valence-corrected chi connectivity index (χ2v) is 8.37. The first-order valence-electron chi connectivity index (χ1n) is 10.8. The fourth-order valence-corrected chi connectivity index (χ4v) is 5.04. The van der Waals surface area contributed by atoms with Crippen LogP contribution < -0.4 is 10.1 Å². The van der Waals surface area contributed by atoms with E-state index in [1.54, 1.807) is 19.2 Å². The van der Waals surface area contributed by atoms with Gasteiger partial charge in [0.25, 0.3) is 5.91 Å². The van der Waals surface area contributed by atoms with Gasteiger partial charge in [-0.05, 0) is 65.6 Å². The summed E-state index contributed by atoms with van der Waals surface area (Å²) >= 11 is 0. The summed E-state index contributed by atoms with van der Waals surface area (Å²) in [5, 5.41) is 13.5. The molecule has 0 aromatic heterocycles. The molecule has 2 aliphatic heterocycles. The van der Waals surface area contributed by atoms with Crippen molar-refractivity contribution in [1.29, 1.82) is 0 Å². The lowest BCUT2D eigenvalue weighted by atomic mass is 9.82. The van der Waals surface area contributed by atoms with Gasteiger partial charge in [-0.1, -0.05) is 24.3 Å². The van der Waals surface area contributed by atoms with Crippen molar-refractivity contribution in [3.8, 4) is 16.9 Å². The maximum atomic E-state index is 13.8. The lowest BCUT2D eigenvalue weighted by molar-refractivity contribution is 0.0700. The minimum Gasteiger partial charge on any atom is -0.497 e. The summed E-state index contributed by atoms with van der Waals surface area (Å²) in [7, 11) is 1.64. The highest BCUT2D eigenvalue weighted by Crippen LogP contribution is 2.47. The Bertz CT molecular complexity index is 1150. The van der Waals surface area contributed by atoms with E-state index in [4.69, 9.17) is 4.74 Å². The summed E-state index contributed by atoms with van der Waals surface area (Å²) in [5.41, 5.74) is 4.38. The molecule has 6 heteroatoms. The number of hydrogen-bond acceptors (Lipinski definition) is 4. The van der Waals surface area contributed by atoms with Crippen molar-refractivity contribution in [2.45, 2.75) is 18.5 Å². The van der Waals surface area contributed by atoms with Gasteiger partial charge >= 0.3 is 0 Å². The maximum Gasteiger partial charge on any atom is 0.254 e. The van der Waals surface area contributed by atoms with Gasteiger partial charge in [0.2, 0.25) is 0 Å². The van der Waals surface area contributed by atoms with Gasteiger partial charge < -0.3 is 20.1 Å². The first kappa shape index (κ1) is 20.5. The van der Waals surface area contributed by atoms with Crippen LogP contribution in [0.1, 0.15) is 28.4 Å². The summed E-state index contributed by atoms with van der Waals surface area (Å²) in [6, 6.07) is 19.6. The van der Waals surface area contributed by atoms with Crippen molar-refractivity contribution >= 4 is 11.6 Å². The van der Waals surface area contributed by atoms with E-state index in [2.05, 4.69) is 11.4 Å². The van der Waals surface area contributed by atoms with Gasteiger partial charge in [-0.15, -0.1) is 0 Å². The van der Waals surface area contributed by atoms with Gasteiger partial charge in [-0.3, -0.25) is 4.79 Å². The Morgan fingerprint density at radius 2 is 1.91 bits per heavy atom. The van der Waals surface area contributed by atoms with Crippen LogP contribution in [-0.4, -0.2) is 42.2 Å². The van der Waals surface area contributed by atoms with Crippen LogP contribution in [0.4, 0.5) is 10.1 Å². The Morgan fingerprint density at radius 1 is 1.12 bits per heavy atom. The van der Waals surface area contributed by atoms with E-state index in [1.807, 2.05) is 41.3 Å². The van der Waals surface area contributed by atoms with Gasteiger partial charge in [0.15, 0.2) is 0 Å². The zero-order valence-corrected chi connectivity index (χ0v) is 17.8. The topological polar surface area (TPSA) is 61.8 Å². The molecule has 32 heavy (non-hydrogen) atoms. The zero-order chi connectivity index (χ0) is 22.2. The Kier molecular flexibility index (Phi) is 5.31. The molecule has 3 aromatic rings. The number of nitrogens with zero attached hydrogens (tertiary/aromatic N) is 1. The fraction of sp³-hybridized carbons (Fsp3) is 0.269. The molecular weight excluding hydrogens is 407 g/mol. The molecule has 5 rings (SSSR count). The van der Waals surface area contributed by atoms with Gasteiger partial charge in [-0.2, -0.15) is 0 Å². The van der Waals surface area contributed by atoms with Crippen molar-refractivity contribution in [3.63, 3.8) is 0 Å². The minimum absolute atomic E-state index is 0.0111. The quantitative estimate of drug-likeness (QED) is 0.638. The molecule has 0 saturated carbocycles. The van der Waals surface area contributed by atoms with Crippen LogP contribution in [0.3, 0.4) is 0 Å². The number of nitrogens with one attached hydrogen (secondary N) is 1. The van der Waals surface area contributed by atoms with Gasteiger partial charge in [0.05, 0.1) is 25.8 Å². The number of halogens is 1. The van der Waals surface area contributed by atoms with Crippen LogP contribution >= 0.6 is 0 Å². The van der Waals surface area contributed by atoms with Gasteiger partial charge in [-0.25, -0.2) is 4.39 Å². The van der Waals surface area contributed by atoms with Crippen LogP contribution in [0.5, 0.6) is 5.75 Å². The van der Waals surface area contributed by atoms with E-state index in [0.29, 0.717) is 12.1 Å². The van der Waals surface area contributed by atoms with Gasteiger partial charge in [0.1, 0.15) is 11.6 Å². The van der Waals surface area contributed by atoms with E-state index < -0.39 is 5.82 Å². The Balaban J connectivity index is 1.55. The largest absolute Gasteiger partial charge is 0.497 e. The molecule has 2 heterocycles. The van der Waals surface area contributed by atoms with Crippen LogP contribution in [0.25, 0.3) is 11.1 Å². The van der Waals surface area contributed by atoms with Crippen LogP contribution in [0.15, 0.2) is 66.7 Å². The van der Waals surface area contributed by atoms with Crippen LogP contribution in [-0.2, 0) is 0 Å². The number of amides is 1. The molecule has 0 aliphatic carbocycles. The number of rotatable bonds is 4. The molecule has 0 bridgehead atoms. The predicted molar refractivity (Wildman–Crippen MR) is 121 cm³/mol. The SMILES string of the molecule is COc1ccc(-c2ccc3c(c2)[C@@H]2[C@@H](CCN2C(=O)c2cccc(F)c2)[C@H](CO)N3)cc1. The molecule has 1 saturated heterocycles. The second-order valence-electron chi connectivity index (χ2n) is 8.37. The number of methoxy groups -OCH3 is 1. The van der Waals surface area contributed by atoms with E-state index in [0.717, 1.165) is 34.5 Å². The molecule has 5 nitrogen and oxygen atoms in total. The average Bonchev–Trinajstić information content (AvgIpc) is 3.28. The minimum atomic E-state index is -0.424. The highest BCUT2D eigenvalue weighted by atomic mass is 19.1. The number of carbonyl (C=O) groups is 1. The number of aliphatic hydroxyl groups is 1. The lowest BCUT2D eigenvalue weighted by Crippen LogP contribution is -2.42. The van der Waals surface area contributed by atoms with E-state index in [9.17, 15) is 14.3 Å². The molecular formula is C26H25FN2O3. The number of ether oxygens (including phenoxy) is 1. The maximum absolute atomic E-state index is 13.8. The summed E-state index contributed by atoms with van der Waals surface area (Å²) in [4.78, 5) is 15.2. The number of likely N-dealkylation sites (tertiary alicyclic amines) is 1. The summed E-state index contributed by atoms with van der Waals surface area (Å²) < 4.78 is 19.0. The average molecular weight is 432 g/mol. The lowest BCUT2D eigenvalue weighted by Gasteiger charge is -2.39. The van der Waals surface area contributed by atoms with Gasteiger partial charge in [0, 0.05) is 23.7 Å². The normalized spacial score (nSPS) is 21.5. The Hall–Kier alpha value is -3.38. The molecule has 0 radical (unpaired) electrons. The zero-order valence-electron chi connectivity index (χ0n) is 17.8. The van der Waals surface area contributed by atoms with Crippen LogP contribution in [0, 0.1) is 11.7 Å². The number of anilines is 1. The molecule has 1 fully saturated rings. The third-order valence-corrected chi connectivity index (χ3v) is 6.63. The van der Waals surface area contributed by atoms with E-state index in [1.165, 1.54) is 12.1 Å². The molecule has 2 aliphatic rings. The fourth-order valence-electron chi connectivity index (χ4n) is 5.04. The molecule has 3 atom stereocenters. The number of hydrogen-bond donors (Lipinski definition) is 2. The number of fused-ring (bicyclic) bond motifs is 3. The molecule has 0 unspecified atom stereocenters. The third-order valence-electron chi connectivity index (χ3n) is 6.63. The third kappa shape index (κ3) is 3.50. The van der Waals surface area contributed by atoms with Crippen molar-refractivity contribution < 1.29 is 19.0 Å². The number of carbonyl (C=O) groups excluding carboxylic acids is 1. The van der Waals surface area contributed by atoms with Crippen LogP contribution in [0.2, 0.25) is 0 Å². The summed E-state index contributed by atoms with van der Waals surface area (Å²) in [6.45, 7) is 0.553. The standard InChI is InChI=1S/C26H25FN2O3/c1-32-20-8-5-16(6-9-20)17-7-10-23-22(14-17)25-21(24(15-30)28-23)11-12-29(25)26(31)18-3-2-4-19(27)13-18/h2-10,13-14,21,24-25,28,30H,11-12,15H2,1H3/t21-,24-,25-/m0/s1. The predicted octanol–water partition coefficient (Wildman–Crippen LogP) is 4.49. The van der Waals surface area contributed by atoms with Crippen molar-refractivity contribution in [2.24, 2.45) is 5.92 Å². The summed E-state index contributed by atoms with van der Waals surface area (Å²) in [5.74, 6) is 0.265. The van der Waals surface area contributed by atoms with Crippen molar-refractivity contribution in [3.05, 3.63) is 83.7 Å². The van der Waals surface area contributed by atoms with E-state index >= 15 is 0 Å². The number of benzene rings is 3. The summed E-state index contributed by atoms with van der Waals surface area (Å²) in [6.07, 6.45) is 0.774. The monoisotopic (exact) mass is 432 g/mol. The smallest absolute Gasteiger partial charge is 0.254 e. The first-order valence-corrected chi connectivity index (χ1v) is 10.8. The molecule has 2 N–H and O–H groups in total. The second kappa shape index (κ2) is 8.28. The number of aliphatic hydroxyl groups excluding tert-OH is 1. The molecule has 164 valence electrons. The van der Waals surface area contributed by atoms with Crippen molar-refractivity contribution in [2.75, 3.05) is 25.6 Å². The molecule has 0 spiro atoms. The first-order chi connectivity index (χ1) is 15.6. The Labute approximate surface area is 186 Å². The van der Waals surface area contributed by atoms with E-state index in [-0.39, 0.29) is 30.5 Å². The Morgan fingerprint density at radius 3 is 2.62 bits per heavy atom. The van der Waals surface area contributed by atoms with Crippen molar-refractivity contribution in [1.82, 2.24) is 4.90 Å². The highest BCUT2D eigenvalue weighted by molar-refractivity contribution is 5.95. The molecule has 1 amide bonds. The highest BCUT2D eigenvalue weighted by Gasteiger charge is 2.45. The molecule has 3 aromatic carbocycles.